The van der Waals surface area contributed by atoms with E-state index < -0.39 is 10.0 Å². The largest absolute Gasteiger partial charge is 0.319 e. The maximum atomic E-state index is 11.8. The van der Waals surface area contributed by atoms with Crippen molar-refractivity contribution in [3.05, 3.63) is 28.8 Å². The molecule has 0 bridgehead atoms. The number of hydrogen-bond donors (Lipinski definition) is 2. The van der Waals surface area contributed by atoms with Gasteiger partial charge in [0.15, 0.2) is 0 Å². The van der Waals surface area contributed by atoms with Gasteiger partial charge in [-0.1, -0.05) is 17.7 Å². The predicted octanol–water partition coefficient (Wildman–Crippen LogP) is 1.57. The Morgan fingerprint density at radius 3 is 2.12 bits per heavy atom. The van der Waals surface area contributed by atoms with Crippen molar-refractivity contribution >= 4 is 15.7 Å². The molecule has 0 heterocycles. The molecule has 0 fully saturated rings. The molecule has 0 aliphatic carbocycles. The molecule has 4 nitrogen and oxygen atoms in total. The molecule has 0 amide bonds. The summed E-state index contributed by atoms with van der Waals surface area (Å²) in [4.78, 5) is 0. The van der Waals surface area contributed by atoms with Crippen LogP contribution < -0.4 is 10.0 Å². The van der Waals surface area contributed by atoms with Crippen molar-refractivity contribution in [1.82, 2.24) is 5.32 Å². The van der Waals surface area contributed by atoms with Gasteiger partial charge in [-0.25, -0.2) is 8.42 Å². The average Bonchev–Trinajstić information content (AvgIpc) is 2.21. The van der Waals surface area contributed by atoms with Crippen LogP contribution in [-0.2, 0) is 10.0 Å². The van der Waals surface area contributed by atoms with Crippen LogP contribution in [0, 0.1) is 20.8 Å². The van der Waals surface area contributed by atoms with E-state index >= 15 is 0 Å². The lowest BCUT2D eigenvalue weighted by atomic mass is 10.1. The molecular formula is C12H20N2O2S. The zero-order valence-corrected chi connectivity index (χ0v) is 11.6. The van der Waals surface area contributed by atoms with E-state index in [9.17, 15) is 8.42 Å². The van der Waals surface area contributed by atoms with Crippen molar-refractivity contribution < 1.29 is 8.42 Å². The fourth-order valence-corrected chi connectivity index (χ4v) is 2.99. The van der Waals surface area contributed by atoms with Gasteiger partial charge in [-0.15, -0.1) is 0 Å². The smallest absolute Gasteiger partial charge is 0.233 e. The first-order chi connectivity index (χ1) is 7.85. The zero-order valence-electron chi connectivity index (χ0n) is 10.8. The van der Waals surface area contributed by atoms with Gasteiger partial charge in [0.2, 0.25) is 10.0 Å². The van der Waals surface area contributed by atoms with E-state index in [0.29, 0.717) is 12.2 Å². The minimum Gasteiger partial charge on any atom is -0.319 e. The molecular weight excluding hydrogens is 236 g/mol. The Bertz CT molecular complexity index is 472. The highest BCUT2D eigenvalue weighted by Crippen LogP contribution is 2.22. The molecule has 0 aliphatic rings. The summed E-state index contributed by atoms with van der Waals surface area (Å²) < 4.78 is 26.2. The van der Waals surface area contributed by atoms with E-state index in [-0.39, 0.29) is 5.75 Å². The van der Waals surface area contributed by atoms with Crippen LogP contribution in [0.15, 0.2) is 12.1 Å². The molecule has 96 valence electrons. The molecule has 1 aromatic rings. The molecule has 1 rings (SSSR count). The number of hydrogen-bond acceptors (Lipinski definition) is 3. The van der Waals surface area contributed by atoms with Gasteiger partial charge in [-0.05, 0) is 38.9 Å². The summed E-state index contributed by atoms with van der Waals surface area (Å²) in [7, 11) is -1.53. The summed E-state index contributed by atoms with van der Waals surface area (Å²) in [6, 6.07) is 3.95. The lowest BCUT2D eigenvalue weighted by Gasteiger charge is -2.14. The second-order valence-corrected chi connectivity index (χ2v) is 6.14. The van der Waals surface area contributed by atoms with Crippen molar-refractivity contribution in [1.29, 1.82) is 0 Å². The van der Waals surface area contributed by atoms with Crippen LogP contribution in [0.3, 0.4) is 0 Å². The maximum Gasteiger partial charge on any atom is 0.233 e. The number of anilines is 1. The Labute approximate surface area is 103 Å². The van der Waals surface area contributed by atoms with E-state index in [4.69, 9.17) is 0 Å². The standard InChI is InChI=1S/C12H20N2O2S/c1-9-7-10(2)12(11(3)8-9)14-17(15,16)6-5-13-4/h7-8,13-14H,5-6H2,1-4H3. The molecule has 0 saturated heterocycles. The average molecular weight is 256 g/mol. The van der Waals surface area contributed by atoms with Crippen molar-refractivity contribution in [2.24, 2.45) is 0 Å². The predicted molar refractivity (Wildman–Crippen MR) is 72.0 cm³/mol. The number of sulfonamides is 1. The highest BCUT2D eigenvalue weighted by molar-refractivity contribution is 7.92. The SMILES string of the molecule is CNCCS(=O)(=O)Nc1c(C)cc(C)cc1C. The zero-order chi connectivity index (χ0) is 13.1. The monoisotopic (exact) mass is 256 g/mol. The summed E-state index contributed by atoms with van der Waals surface area (Å²) in [6.07, 6.45) is 0. The van der Waals surface area contributed by atoms with E-state index in [1.54, 1.807) is 7.05 Å². The van der Waals surface area contributed by atoms with Crippen LogP contribution in [0.2, 0.25) is 0 Å². The fraction of sp³-hybridized carbons (Fsp3) is 0.500. The summed E-state index contributed by atoms with van der Waals surface area (Å²) in [5.74, 6) is 0.0796. The maximum absolute atomic E-state index is 11.8. The van der Waals surface area contributed by atoms with Crippen LogP contribution in [0.4, 0.5) is 5.69 Å². The molecule has 0 saturated carbocycles. The highest BCUT2D eigenvalue weighted by Gasteiger charge is 2.13. The second kappa shape index (κ2) is 5.51. The van der Waals surface area contributed by atoms with Crippen LogP contribution in [0.1, 0.15) is 16.7 Å². The topological polar surface area (TPSA) is 58.2 Å². The number of rotatable bonds is 5. The van der Waals surface area contributed by atoms with Crippen molar-refractivity contribution in [2.75, 3.05) is 24.1 Å². The van der Waals surface area contributed by atoms with Gasteiger partial charge in [-0.2, -0.15) is 0 Å². The first-order valence-electron chi connectivity index (χ1n) is 5.58. The minimum absolute atomic E-state index is 0.0796. The lowest BCUT2D eigenvalue weighted by Crippen LogP contribution is -2.25. The minimum atomic E-state index is -3.27. The van der Waals surface area contributed by atoms with Gasteiger partial charge in [0.05, 0.1) is 11.4 Å². The summed E-state index contributed by atoms with van der Waals surface area (Å²) >= 11 is 0. The molecule has 17 heavy (non-hydrogen) atoms. The van der Waals surface area contributed by atoms with Crippen LogP contribution >= 0.6 is 0 Å². The first-order valence-corrected chi connectivity index (χ1v) is 7.24. The van der Waals surface area contributed by atoms with E-state index in [1.165, 1.54) is 0 Å². The van der Waals surface area contributed by atoms with E-state index in [1.807, 2.05) is 32.9 Å². The Balaban J connectivity index is 2.96. The van der Waals surface area contributed by atoms with Crippen LogP contribution in [-0.4, -0.2) is 27.8 Å². The molecule has 0 aliphatic heterocycles. The number of aryl methyl sites for hydroxylation is 3. The number of nitrogens with one attached hydrogen (secondary N) is 2. The second-order valence-electron chi connectivity index (χ2n) is 4.30. The normalized spacial score (nSPS) is 11.5. The summed E-state index contributed by atoms with van der Waals surface area (Å²) in [5, 5.41) is 2.83. The van der Waals surface area contributed by atoms with Crippen molar-refractivity contribution in [2.45, 2.75) is 20.8 Å². The molecule has 0 aromatic heterocycles. The first kappa shape index (κ1) is 14.0. The summed E-state index contributed by atoms with van der Waals surface area (Å²) in [5.41, 5.74) is 3.75. The molecule has 5 heteroatoms. The Hall–Kier alpha value is -1.07. The van der Waals surface area contributed by atoms with Gasteiger partial charge in [0.25, 0.3) is 0 Å². The van der Waals surface area contributed by atoms with Gasteiger partial charge < -0.3 is 5.32 Å². The molecule has 1 aromatic carbocycles. The van der Waals surface area contributed by atoms with Crippen LogP contribution in [0.5, 0.6) is 0 Å². The highest BCUT2D eigenvalue weighted by atomic mass is 32.2. The van der Waals surface area contributed by atoms with Gasteiger partial charge >= 0.3 is 0 Å². The number of benzene rings is 1. The van der Waals surface area contributed by atoms with Crippen LogP contribution in [0.25, 0.3) is 0 Å². The molecule has 0 spiro atoms. The fourth-order valence-electron chi connectivity index (χ4n) is 1.78. The Kier molecular flexibility index (Phi) is 4.54. The lowest BCUT2D eigenvalue weighted by molar-refractivity contribution is 0.598. The molecule has 0 radical (unpaired) electrons. The van der Waals surface area contributed by atoms with Gasteiger partial charge in [-0.3, -0.25) is 4.72 Å². The van der Waals surface area contributed by atoms with Crippen molar-refractivity contribution in [3.63, 3.8) is 0 Å². The molecule has 0 atom stereocenters. The third kappa shape index (κ3) is 4.02. The van der Waals surface area contributed by atoms with E-state index in [0.717, 1.165) is 16.7 Å². The Morgan fingerprint density at radius 1 is 1.12 bits per heavy atom. The summed E-state index contributed by atoms with van der Waals surface area (Å²) in [6.45, 7) is 6.27. The van der Waals surface area contributed by atoms with Crippen molar-refractivity contribution in [3.8, 4) is 0 Å². The molecule has 2 N–H and O–H groups in total. The third-order valence-electron chi connectivity index (χ3n) is 2.56. The molecule has 0 unspecified atom stereocenters. The van der Waals surface area contributed by atoms with Gasteiger partial charge in [0, 0.05) is 6.54 Å². The van der Waals surface area contributed by atoms with E-state index in [2.05, 4.69) is 10.0 Å². The Morgan fingerprint density at radius 2 is 1.65 bits per heavy atom. The third-order valence-corrected chi connectivity index (χ3v) is 3.81. The van der Waals surface area contributed by atoms with Gasteiger partial charge in [0.1, 0.15) is 0 Å². The quantitative estimate of drug-likeness (QED) is 0.841.